The third kappa shape index (κ3) is 2.33. The van der Waals surface area contributed by atoms with E-state index in [4.69, 9.17) is 4.42 Å². The molecule has 8 nitrogen and oxygen atoms in total. The number of aromatic nitrogens is 3. The first-order valence-corrected chi connectivity index (χ1v) is 5.97. The number of nitrogens with one attached hydrogen (secondary N) is 2. The van der Waals surface area contributed by atoms with E-state index in [2.05, 4.69) is 15.2 Å². The minimum atomic E-state index is -4.02. The maximum absolute atomic E-state index is 11.8. The Morgan fingerprint density at radius 3 is 2.76 bits per heavy atom. The van der Waals surface area contributed by atoms with Crippen LogP contribution in [0, 0.1) is 6.92 Å². The van der Waals surface area contributed by atoms with Gasteiger partial charge in [-0.05, 0) is 0 Å². The summed E-state index contributed by atoms with van der Waals surface area (Å²) in [5.41, 5.74) is -0.632. The molecule has 2 heterocycles. The van der Waals surface area contributed by atoms with Crippen LogP contribution < -0.4 is 10.2 Å². The molecule has 0 radical (unpaired) electrons. The van der Waals surface area contributed by atoms with Crippen LogP contribution in [-0.2, 0) is 10.0 Å². The van der Waals surface area contributed by atoms with E-state index in [1.807, 2.05) is 4.72 Å². The van der Waals surface area contributed by atoms with Gasteiger partial charge in [0.2, 0.25) is 11.3 Å². The number of nitrogens with zero attached hydrogens (tertiary/aromatic N) is 2. The molecule has 9 heteroatoms. The van der Waals surface area contributed by atoms with Crippen LogP contribution in [0.25, 0.3) is 0 Å². The largest absolute Gasteiger partial charge is 0.408 e. The minimum Gasteiger partial charge on any atom is -0.408 e. The first-order valence-electron chi connectivity index (χ1n) is 4.49. The van der Waals surface area contributed by atoms with E-state index in [-0.39, 0.29) is 11.9 Å². The molecular weight excluding hydrogens is 248 g/mol. The predicted molar refractivity (Wildman–Crippen MR) is 56.9 cm³/mol. The van der Waals surface area contributed by atoms with Crippen molar-refractivity contribution < 1.29 is 12.8 Å². The highest BCUT2D eigenvalue weighted by molar-refractivity contribution is 7.92. The molecule has 0 bridgehead atoms. The molecule has 17 heavy (non-hydrogen) atoms. The molecule has 0 unspecified atom stereocenters. The maximum atomic E-state index is 11.8. The zero-order valence-corrected chi connectivity index (χ0v) is 9.48. The summed E-state index contributed by atoms with van der Waals surface area (Å²) in [4.78, 5) is 13.4. The van der Waals surface area contributed by atoms with E-state index < -0.39 is 20.3 Å². The summed E-state index contributed by atoms with van der Waals surface area (Å²) in [6.07, 6.45) is 2.41. The van der Waals surface area contributed by atoms with Crippen LogP contribution in [0.15, 0.2) is 32.6 Å². The molecule has 0 spiro atoms. The molecule has 90 valence electrons. The summed E-state index contributed by atoms with van der Waals surface area (Å²) in [6, 6.07) is 0.818. The van der Waals surface area contributed by atoms with Crippen LogP contribution >= 0.6 is 0 Å². The summed E-state index contributed by atoms with van der Waals surface area (Å²) < 4.78 is 30.4. The van der Waals surface area contributed by atoms with Gasteiger partial charge < -0.3 is 9.40 Å². The van der Waals surface area contributed by atoms with Crippen LogP contribution in [0.2, 0.25) is 0 Å². The highest BCUT2D eigenvalue weighted by Crippen LogP contribution is 2.10. The Hall–Kier alpha value is -2.16. The molecule has 0 aliphatic carbocycles. The molecule has 0 saturated carbocycles. The van der Waals surface area contributed by atoms with Crippen molar-refractivity contribution in [2.24, 2.45) is 0 Å². The van der Waals surface area contributed by atoms with Crippen molar-refractivity contribution in [2.75, 3.05) is 4.72 Å². The second-order valence-electron chi connectivity index (χ2n) is 3.10. The molecule has 0 fully saturated rings. The van der Waals surface area contributed by atoms with Crippen LogP contribution in [0.5, 0.6) is 0 Å². The summed E-state index contributed by atoms with van der Waals surface area (Å²) in [5.74, 6) is 0.213. The highest BCUT2D eigenvalue weighted by atomic mass is 32.2. The fourth-order valence-electron chi connectivity index (χ4n) is 1.12. The minimum absolute atomic E-state index is 0.213. The molecule has 0 atom stereocenters. The van der Waals surface area contributed by atoms with E-state index in [0.717, 1.165) is 12.3 Å². The quantitative estimate of drug-likeness (QED) is 0.789. The van der Waals surface area contributed by atoms with Gasteiger partial charge in [0.15, 0.2) is 4.90 Å². The lowest BCUT2D eigenvalue weighted by molar-refractivity contribution is 0.534. The number of pyridine rings is 1. The summed E-state index contributed by atoms with van der Waals surface area (Å²) >= 11 is 0. The van der Waals surface area contributed by atoms with Crippen LogP contribution in [0.1, 0.15) is 5.89 Å². The van der Waals surface area contributed by atoms with Gasteiger partial charge in [0, 0.05) is 25.4 Å². The van der Waals surface area contributed by atoms with E-state index in [1.54, 1.807) is 0 Å². The lowest BCUT2D eigenvalue weighted by Gasteiger charge is -2.01. The Labute approximate surface area is 95.7 Å². The van der Waals surface area contributed by atoms with Crippen molar-refractivity contribution in [3.05, 3.63) is 34.6 Å². The maximum Gasteiger partial charge on any atom is 0.329 e. The van der Waals surface area contributed by atoms with Crippen molar-refractivity contribution in [2.45, 2.75) is 11.8 Å². The zero-order valence-electron chi connectivity index (χ0n) is 8.67. The second-order valence-corrected chi connectivity index (χ2v) is 4.76. The number of anilines is 1. The van der Waals surface area contributed by atoms with Gasteiger partial charge in [-0.2, -0.15) is 0 Å². The Bertz CT molecular complexity index is 687. The predicted octanol–water partition coefficient (Wildman–Crippen LogP) is -0.133. The molecule has 0 aromatic carbocycles. The number of hydrogen-bond donors (Lipinski definition) is 2. The van der Waals surface area contributed by atoms with Gasteiger partial charge in [0.25, 0.3) is 10.0 Å². The SMILES string of the molecule is Cc1nnc(NS(=O)(=O)c2c[nH]ccc2=O)o1. The van der Waals surface area contributed by atoms with E-state index >= 15 is 0 Å². The van der Waals surface area contributed by atoms with Crippen molar-refractivity contribution in [3.8, 4) is 0 Å². The topological polar surface area (TPSA) is 118 Å². The number of rotatable bonds is 3. The summed E-state index contributed by atoms with van der Waals surface area (Å²) in [7, 11) is -4.02. The van der Waals surface area contributed by atoms with Gasteiger partial charge in [-0.25, -0.2) is 13.1 Å². The average molecular weight is 256 g/mol. The number of sulfonamides is 1. The lowest BCUT2D eigenvalue weighted by atomic mass is 10.5. The first kappa shape index (κ1) is 11.3. The number of aryl methyl sites for hydroxylation is 1. The first-order chi connectivity index (χ1) is 7.99. The fraction of sp³-hybridized carbons (Fsp3) is 0.125. The van der Waals surface area contributed by atoms with Crippen LogP contribution in [-0.4, -0.2) is 23.6 Å². The fourth-order valence-corrected chi connectivity index (χ4v) is 2.10. The van der Waals surface area contributed by atoms with Crippen LogP contribution in [0.3, 0.4) is 0 Å². The van der Waals surface area contributed by atoms with Crippen molar-refractivity contribution in [1.82, 2.24) is 15.2 Å². The van der Waals surface area contributed by atoms with Crippen molar-refractivity contribution in [3.63, 3.8) is 0 Å². The molecule has 0 aliphatic rings. The molecular formula is C8H8N4O4S. The standard InChI is InChI=1S/C8H8N4O4S/c1-5-10-11-8(16-5)12-17(14,15)7-4-9-3-2-6(7)13/h2-4H,1H3,(H,9,13)(H,11,12). The zero-order chi connectivity index (χ0) is 12.5. The smallest absolute Gasteiger partial charge is 0.329 e. The second kappa shape index (κ2) is 4.01. The van der Waals surface area contributed by atoms with Gasteiger partial charge in [-0.3, -0.25) is 4.79 Å². The van der Waals surface area contributed by atoms with Crippen molar-refractivity contribution in [1.29, 1.82) is 0 Å². The summed E-state index contributed by atoms with van der Waals surface area (Å²) in [6.45, 7) is 1.51. The number of H-pyrrole nitrogens is 1. The van der Waals surface area contributed by atoms with Gasteiger partial charge in [0.1, 0.15) is 0 Å². The normalized spacial score (nSPS) is 11.4. The molecule has 2 aromatic rings. The molecule has 2 aromatic heterocycles. The average Bonchev–Trinajstić information content (AvgIpc) is 2.63. The third-order valence-corrected chi connectivity index (χ3v) is 3.17. The Kier molecular flexibility index (Phi) is 2.68. The molecule has 2 N–H and O–H groups in total. The molecule has 0 aliphatic heterocycles. The number of hydrogen-bond acceptors (Lipinski definition) is 6. The Morgan fingerprint density at radius 1 is 1.41 bits per heavy atom. The van der Waals surface area contributed by atoms with Crippen LogP contribution in [0.4, 0.5) is 6.01 Å². The Morgan fingerprint density at radius 2 is 2.18 bits per heavy atom. The highest BCUT2D eigenvalue weighted by Gasteiger charge is 2.20. The molecule has 2 rings (SSSR count). The molecule has 0 amide bonds. The lowest BCUT2D eigenvalue weighted by Crippen LogP contribution is -2.21. The van der Waals surface area contributed by atoms with E-state index in [0.29, 0.717) is 0 Å². The van der Waals surface area contributed by atoms with Crippen molar-refractivity contribution >= 4 is 16.0 Å². The summed E-state index contributed by atoms with van der Waals surface area (Å²) in [5, 5.41) is 6.92. The third-order valence-electron chi connectivity index (χ3n) is 1.83. The van der Waals surface area contributed by atoms with Gasteiger partial charge in [-0.15, -0.1) is 5.10 Å². The molecule has 0 saturated heterocycles. The number of aromatic amines is 1. The monoisotopic (exact) mass is 256 g/mol. The van der Waals surface area contributed by atoms with Gasteiger partial charge >= 0.3 is 6.01 Å². The van der Waals surface area contributed by atoms with E-state index in [1.165, 1.54) is 13.1 Å². The van der Waals surface area contributed by atoms with Gasteiger partial charge in [-0.1, -0.05) is 5.10 Å². The Balaban J connectivity index is 2.38. The van der Waals surface area contributed by atoms with E-state index in [9.17, 15) is 13.2 Å². The van der Waals surface area contributed by atoms with Gasteiger partial charge in [0.05, 0.1) is 0 Å².